The number of furan rings is 1. The normalized spacial score (nSPS) is 16.5. The topological polar surface area (TPSA) is 75.4 Å². The molecular formula is C25H29FN2O5S. The number of carbonyl (C=O) groups excluding carboxylic acids is 1. The van der Waals surface area contributed by atoms with Gasteiger partial charge in [0.2, 0.25) is 5.91 Å². The summed E-state index contributed by atoms with van der Waals surface area (Å²) in [6, 6.07) is 11.4. The average molecular weight is 489 g/mol. The number of hydrogen-bond acceptors (Lipinski definition) is 7. The Morgan fingerprint density at radius 3 is 3.00 bits per heavy atom. The van der Waals surface area contributed by atoms with Gasteiger partial charge in [-0.05, 0) is 47.7 Å². The lowest BCUT2D eigenvalue weighted by molar-refractivity contribution is -0.136. The van der Waals surface area contributed by atoms with Crippen LogP contribution in [0.15, 0.2) is 58.5 Å². The van der Waals surface area contributed by atoms with E-state index in [1.54, 1.807) is 35.8 Å². The second kappa shape index (κ2) is 11.6. The summed E-state index contributed by atoms with van der Waals surface area (Å²) in [7, 11) is 1.53. The zero-order chi connectivity index (χ0) is 23.9. The molecule has 0 fully saturated rings. The Hall–Kier alpha value is -2.72. The molecular weight excluding hydrogens is 459 g/mol. The number of benzene rings is 1. The van der Waals surface area contributed by atoms with Crippen LogP contribution in [0.3, 0.4) is 0 Å². The van der Waals surface area contributed by atoms with Crippen LogP contribution in [0.4, 0.5) is 4.39 Å². The number of amides is 1. The number of aliphatic hydroxyl groups excluding tert-OH is 1. The largest absolute Gasteiger partial charge is 0.491 e. The number of thiophene rings is 1. The minimum absolute atomic E-state index is 0.0686. The lowest BCUT2D eigenvalue weighted by Gasteiger charge is -2.37. The monoisotopic (exact) mass is 488 g/mol. The fourth-order valence-corrected chi connectivity index (χ4v) is 5.17. The summed E-state index contributed by atoms with van der Waals surface area (Å²) in [6.45, 7) is 1.73. The maximum Gasteiger partial charge on any atom is 0.237 e. The van der Waals surface area contributed by atoms with E-state index in [4.69, 9.17) is 13.9 Å². The van der Waals surface area contributed by atoms with Crippen LogP contribution in [0, 0.1) is 5.82 Å². The SMILES string of the molecule is COC[C@H](O)CN(CC(=O)N1CCc2sccc2[C@@H]1COc1cccc(F)c1)Cc1ccco1. The van der Waals surface area contributed by atoms with Gasteiger partial charge in [0.05, 0.1) is 38.1 Å². The Bertz CT molecular complexity index is 1060. The molecule has 9 heteroatoms. The third kappa shape index (κ3) is 6.24. The van der Waals surface area contributed by atoms with Gasteiger partial charge in [0, 0.05) is 31.1 Å². The van der Waals surface area contributed by atoms with Crippen molar-refractivity contribution < 1.29 is 28.2 Å². The summed E-state index contributed by atoms with van der Waals surface area (Å²) in [6.07, 6.45) is 1.63. The highest BCUT2D eigenvalue weighted by Crippen LogP contribution is 2.34. The first-order valence-electron chi connectivity index (χ1n) is 11.2. The van der Waals surface area contributed by atoms with E-state index in [-0.39, 0.29) is 44.1 Å². The number of aliphatic hydroxyl groups is 1. The van der Waals surface area contributed by atoms with Gasteiger partial charge in [0.15, 0.2) is 0 Å². The molecule has 3 aromatic rings. The van der Waals surface area contributed by atoms with Gasteiger partial charge < -0.3 is 23.9 Å². The summed E-state index contributed by atoms with van der Waals surface area (Å²) in [4.78, 5) is 18.4. The standard InChI is InChI=1S/C25H29FN2O5S/c1-31-16-19(29)13-27(14-21-6-3-10-32-21)15-25(30)28-9-7-24-22(8-11-34-24)23(28)17-33-20-5-2-4-18(26)12-20/h2-6,8,10-12,19,23,29H,7,9,13-17H2,1H3/t19-,23+/m1/s1. The lowest BCUT2D eigenvalue weighted by atomic mass is 10.0. The van der Waals surface area contributed by atoms with Gasteiger partial charge in [-0.2, -0.15) is 0 Å². The highest BCUT2D eigenvalue weighted by molar-refractivity contribution is 7.10. The number of fused-ring (bicyclic) bond motifs is 1. The first-order chi connectivity index (χ1) is 16.5. The molecule has 4 rings (SSSR count). The quantitative estimate of drug-likeness (QED) is 0.445. The Kier molecular flexibility index (Phi) is 8.34. The van der Waals surface area contributed by atoms with Crippen molar-refractivity contribution in [3.63, 3.8) is 0 Å². The smallest absolute Gasteiger partial charge is 0.237 e. The molecule has 0 spiro atoms. The molecule has 2 aromatic heterocycles. The summed E-state index contributed by atoms with van der Waals surface area (Å²) in [5, 5.41) is 12.3. The van der Waals surface area contributed by atoms with Crippen LogP contribution in [-0.2, 0) is 22.5 Å². The zero-order valence-electron chi connectivity index (χ0n) is 19.1. The van der Waals surface area contributed by atoms with Crippen molar-refractivity contribution in [3.8, 4) is 5.75 Å². The van der Waals surface area contributed by atoms with Crippen LogP contribution < -0.4 is 4.74 Å². The number of methoxy groups -OCH3 is 1. The predicted molar refractivity (Wildman–Crippen MR) is 126 cm³/mol. The second-order valence-electron chi connectivity index (χ2n) is 8.28. The van der Waals surface area contributed by atoms with E-state index in [0.717, 1.165) is 12.0 Å². The molecule has 0 saturated heterocycles. The van der Waals surface area contributed by atoms with Crippen molar-refractivity contribution in [3.05, 3.63) is 76.1 Å². The van der Waals surface area contributed by atoms with E-state index < -0.39 is 6.10 Å². The molecule has 3 heterocycles. The summed E-state index contributed by atoms with van der Waals surface area (Å²) in [5.41, 5.74) is 1.07. The second-order valence-corrected chi connectivity index (χ2v) is 9.28. The summed E-state index contributed by atoms with van der Waals surface area (Å²) < 4.78 is 30.0. The number of carbonyl (C=O) groups is 1. The van der Waals surface area contributed by atoms with Crippen molar-refractivity contribution in [2.24, 2.45) is 0 Å². The molecule has 1 aromatic carbocycles. The molecule has 0 bridgehead atoms. The Balaban J connectivity index is 1.48. The van der Waals surface area contributed by atoms with E-state index in [1.807, 2.05) is 27.3 Å². The van der Waals surface area contributed by atoms with Crippen molar-refractivity contribution >= 4 is 17.2 Å². The van der Waals surface area contributed by atoms with Crippen molar-refractivity contribution in [1.82, 2.24) is 9.80 Å². The molecule has 34 heavy (non-hydrogen) atoms. The highest BCUT2D eigenvalue weighted by atomic mass is 32.1. The van der Waals surface area contributed by atoms with Crippen LogP contribution in [0.25, 0.3) is 0 Å². The van der Waals surface area contributed by atoms with Gasteiger partial charge in [0.25, 0.3) is 0 Å². The first-order valence-corrected chi connectivity index (χ1v) is 12.1. The molecule has 1 amide bonds. The third-order valence-electron chi connectivity index (χ3n) is 5.77. The van der Waals surface area contributed by atoms with Gasteiger partial charge in [-0.15, -0.1) is 11.3 Å². The van der Waals surface area contributed by atoms with E-state index >= 15 is 0 Å². The number of nitrogens with zero attached hydrogens (tertiary/aromatic N) is 2. The fourth-order valence-electron chi connectivity index (χ4n) is 4.24. The Morgan fingerprint density at radius 1 is 1.35 bits per heavy atom. The van der Waals surface area contributed by atoms with E-state index in [2.05, 4.69) is 0 Å². The molecule has 0 unspecified atom stereocenters. The third-order valence-corrected chi connectivity index (χ3v) is 6.76. The molecule has 0 saturated carbocycles. The van der Waals surface area contributed by atoms with Gasteiger partial charge in [-0.3, -0.25) is 9.69 Å². The number of halogens is 1. The van der Waals surface area contributed by atoms with Gasteiger partial charge >= 0.3 is 0 Å². The maximum atomic E-state index is 13.6. The average Bonchev–Trinajstić information content (AvgIpc) is 3.49. The number of hydrogen-bond donors (Lipinski definition) is 1. The molecule has 1 aliphatic heterocycles. The summed E-state index contributed by atoms with van der Waals surface area (Å²) >= 11 is 1.67. The van der Waals surface area contributed by atoms with E-state index in [9.17, 15) is 14.3 Å². The van der Waals surface area contributed by atoms with Crippen LogP contribution in [0.2, 0.25) is 0 Å². The van der Waals surface area contributed by atoms with Gasteiger partial charge in [-0.1, -0.05) is 6.07 Å². The molecule has 0 radical (unpaired) electrons. The van der Waals surface area contributed by atoms with Crippen LogP contribution in [0.1, 0.15) is 22.2 Å². The van der Waals surface area contributed by atoms with Gasteiger partial charge in [-0.25, -0.2) is 4.39 Å². The zero-order valence-corrected chi connectivity index (χ0v) is 19.9. The van der Waals surface area contributed by atoms with Crippen LogP contribution in [0.5, 0.6) is 5.75 Å². The Labute approximate surface area is 202 Å². The fraction of sp³-hybridized carbons (Fsp3) is 0.400. The first kappa shape index (κ1) is 24.4. The number of rotatable bonds is 11. The maximum absolute atomic E-state index is 13.6. The van der Waals surface area contributed by atoms with Crippen molar-refractivity contribution in [2.45, 2.75) is 25.1 Å². The molecule has 2 atom stereocenters. The van der Waals surface area contributed by atoms with Gasteiger partial charge in [0.1, 0.15) is 23.9 Å². The molecule has 7 nitrogen and oxygen atoms in total. The van der Waals surface area contributed by atoms with Crippen LogP contribution >= 0.6 is 11.3 Å². The Morgan fingerprint density at radius 2 is 2.24 bits per heavy atom. The lowest BCUT2D eigenvalue weighted by Crippen LogP contribution is -2.47. The molecule has 182 valence electrons. The van der Waals surface area contributed by atoms with Crippen molar-refractivity contribution in [1.29, 1.82) is 0 Å². The van der Waals surface area contributed by atoms with Crippen molar-refractivity contribution in [2.75, 3.05) is 40.0 Å². The highest BCUT2D eigenvalue weighted by Gasteiger charge is 2.33. The predicted octanol–water partition coefficient (Wildman–Crippen LogP) is 3.49. The van der Waals surface area contributed by atoms with Crippen LogP contribution in [-0.4, -0.2) is 66.9 Å². The molecule has 0 aliphatic carbocycles. The minimum atomic E-state index is -0.732. The number of ether oxygens (including phenoxy) is 2. The summed E-state index contributed by atoms with van der Waals surface area (Å²) in [5.74, 6) is 0.702. The van der Waals surface area contributed by atoms with E-state index in [1.165, 1.54) is 24.1 Å². The molecule has 1 aliphatic rings. The molecule has 1 N–H and O–H groups in total. The minimum Gasteiger partial charge on any atom is -0.491 e. The van der Waals surface area contributed by atoms with E-state index in [0.29, 0.717) is 24.6 Å².